The van der Waals surface area contributed by atoms with Gasteiger partial charge < -0.3 is 10.5 Å². The molecule has 2 N–H and O–H groups in total. The van der Waals surface area contributed by atoms with E-state index in [9.17, 15) is 4.79 Å². The Bertz CT molecular complexity index is 613. The average molecular weight is 309 g/mol. The Balaban J connectivity index is 2.51. The number of pyridine rings is 1. The molecule has 0 fully saturated rings. The minimum atomic E-state index is -0.671. The number of amides is 1. The summed E-state index contributed by atoms with van der Waals surface area (Å²) in [4.78, 5) is 15.3. The van der Waals surface area contributed by atoms with Gasteiger partial charge >= 0.3 is 0 Å². The lowest BCUT2D eigenvalue weighted by atomic mass is 10.1. The monoisotopic (exact) mass is 308 g/mol. The number of hydrogen-bond donors (Lipinski definition) is 1. The molecule has 4 nitrogen and oxygen atoms in total. The molecule has 1 heterocycles. The maximum absolute atomic E-state index is 11.0. The van der Waals surface area contributed by atoms with Crippen LogP contribution >= 0.6 is 15.9 Å². The number of aryl methyl sites for hydroxylation is 1. The molecule has 0 aliphatic carbocycles. The van der Waals surface area contributed by atoms with E-state index in [1.165, 1.54) is 0 Å². The second-order valence-electron chi connectivity index (χ2n) is 4.06. The molecule has 1 unspecified atom stereocenters. The van der Waals surface area contributed by atoms with E-state index < -0.39 is 12.0 Å². The zero-order valence-electron chi connectivity index (χ0n) is 10.1. The van der Waals surface area contributed by atoms with E-state index in [4.69, 9.17) is 10.5 Å². The molecular formula is C13H13BrN2O2. The first-order valence-corrected chi connectivity index (χ1v) is 6.30. The Morgan fingerprint density at radius 3 is 2.83 bits per heavy atom. The van der Waals surface area contributed by atoms with Gasteiger partial charge in [0.05, 0.1) is 9.99 Å². The van der Waals surface area contributed by atoms with Crippen molar-refractivity contribution in [3.8, 4) is 5.75 Å². The number of aromatic nitrogens is 1. The average Bonchev–Trinajstić information content (AvgIpc) is 2.32. The lowest BCUT2D eigenvalue weighted by Crippen LogP contribution is -2.30. The van der Waals surface area contributed by atoms with Gasteiger partial charge in [-0.3, -0.25) is 9.78 Å². The molecule has 2 aromatic rings. The van der Waals surface area contributed by atoms with Crippen LogP contribution in [0.3, 0.4) is 0 Å². The molecule has 5 heteroatoms. The van der Waals surface area contributed by atoms with Crippen molar-refractivity contribution in [2.45, 2.75) is 20.0 Å². The lowest BCUT2D eigenvalue weighted by Gasteiger charge is -2.14. The van der Waals surface area contributed by atoms with Crippen LogP contribution in [0.2, 0.25) is 0 Å². The second-order valence-corrected chi connectivity index (χ2v) is 4.86. The summed E-state index contributed by atoms with van der Waals surface area (Å²) in [6, 6.07) is 5.56. The van der Waals surface area contributed by atoms with Crippen LogP contribution in [-0.2, 0) is 4.79 Å². The summed E-state index contributed by atoms with van der Waals surface area (Å²) in [5.74, 6) is 0.0924. The number of halogens is 1. The molecular weight excluding hydrogens is 296 g/mol. The van der Waals surface area contributed by atoms with E-state index in [1.807, 2.05) is 19.1 Å². The number of benzene rings is 1. The van der Waals surface area contributed by atoms with Crippen molar-refractivity contribution in [3.63, 3.8) is 0 Å². The van der Waals surface area contributed by atoms with Crippen molar-refractivity contribution in [1.82, 2.24) is 4.98 Å². The maximum Gasteiger partial charge on any atom is 0.258 e. The zero-order valence-corrected chi connectivity index (χ0v) is 11.7. The summed E-state index contributed by atoms with van der Waals surface area (Å²) < 4.78 is 6.31. The first kappa shape index (κ1) is 12.8. The van der Waals surface area contributed by atoms with Gasteiger partial charge in [-0.1, -0.05) is 0 Å². The molecule has 0 aliphatic heterocycles. The summed E-state index contributed by atoms with van der Waals surface area (Å²) >= 11 is 3.49. The Morgan fingerprint density at radius 2 is 2.17 bits per heavy atom. The van der Waals surface area contributed by atoms with Crippen LogP contribution in [-0.4, -0.2) is 17.0 Å². The molecule has 0 aliphatic rings. The van der Waals surface area contributed by atoms with Gasteiger partial charge in [-0.25, -0.2) is 0 Å². The summed E-state index contributed by atoms with van der Waals surface area (Å²) in [5, 5.41) is 0.978. The van der Waals surface area contributed by atoms with Crippen LogP contribution < -0.4 is 10.5 Å². The Kier molecular flexibility index (Phi) is 3.52. The maximum atomic E-state index is 11.0. The number of nitrogens with zero attached hydrogens (tertiary/aromatic N) is 1. The molecule has 0 radical (unpaired) electrons. The molecule has 0 bridgehead atoms. The molecule has 1 aromatic heterocycles. The van der Waals surface area contributed by atoms with Gasteiger partial charge in [0, 0.05) is 11.6 Å². The van der Waals surface area contributed by atoms with Crippen molar-refractivity contribution in [2.24, 2.45) is 5.73 Å². The third kappa shape index (κ3) is 2.31. The summed E-state index contributed by atoms with van der Waals surface area (Å²) in [7, 11) is 0. The first-order chi connectivity index (χ1) is 8.50. The highest BCUT2D eigenvalue weighted by atomic mass is 79.9. The third-order valence-corrected chi connectivity index (χ3v) is 3.51. The fourth-order valence-corrected chi connectivity index (χ4v) is 2.42. The number of rotatable bonds is 3. The molecule has 94 valence electrons. The largest absolute Gasteiger partial charge is 0.480 e. The van der Waals surface area contributed by atoms with E-state index >= 15 is 0 Å². The number of fused-ring (bicyclic) bond motifs is 1. The van der Waals surface area contributed by atoms with Crippen molar-refractivity contribution < 1.29 is 9.53 Å². The lowest BCUT2D eigenvalue weighted by molar-refractivity contribution is -0.123. The van der Waals surface area contributed by atoms with Gasteiger partial charge in [-0.2, -0.15) is 0 Å². The predicted molar refractivity (Wildman–Crippen MR) is 73.5 cm³/mol. The molecule has 1 amide bonds. The van der Waals surface area contributed by atoms with Crippen molar-refractivity contribution in [1.29, 1.82) is 0 Å². The zero-order chi connectivity index (χ0) is 13.3. The molecule has 0 saturated heterocycles. The highest BCUT2D eigenvalue weighted by molar-refractivity contribution is 9.10. The van der Waals surface area contributed by atoms with Crippen molar-refractivity contribution in [3.05, 3.63) is 34.4 Å². The molecule has 1 atom stereocenters. The Labute approximate surface area is 113 Å². The van der Waals surface area contributed by atoms with Crippen LogP contribution in [0.25, 0.3) is 10.9 Å². The van der Waals surface area contributed by atoms with E-state index in [0.29, 0.717) is 5.75 Å². The number of hydrogen-bond acceptors (Lipinski definition) is 3. The van der Waals surface area contributed by atoms with Crippen molar-refractivity contribution in [2.75, 3.05) is 0 Å². The number of carbonyl (C=O) groups excluding carboxylic acids is 1. The Hall–Kier alpha value is -1.62. The molecule has 18 heavy (non-hydrogen) atoms. The predicted octanol–water partition coefficient (Wildman–Crippen LogP) is 2.56. The summed E-state index contributed by atoms with van der Waals surface area (Å²) in [5.41, 5.74) is 7.15. The van der Waals surface area contributed by atoms with Gasteiger partial charge in [0.15, 0.2) is 6.10 Å². The number of carbonyl (C=O) groups is 1. The summed E-state index contributed by atoms with van der Waals surface area (Å²) in [6.07, 6.45) is 1.09. The van der Waals surface area contributed by atoms with E-state index in [0.717, 1.165) is 20.9 Å². The number of ether oxygens (including phenoxy) is 1. The smallest absolute Gasteiger partial charge is 0.258 e. The van der Waals surface area contributed by atoms with Gasteiger partial charge in [0.25, 0.3) is 5.91 Å². The normalized spacial score (nSPS) is 12.4. The van der Waals surface area contributed by atoms with Crippen LogP contribution in [0, 0.1) is 6.92 Å². The van der Waals surface area contributed by atoms with Crippen molar-refractivity contribution >= 4 is 32.7 Å². The van der Waals surface area contributed by atoms with Gasteiger partial charge in [0.2, 0.25) is 0 Å². The molecule has 0 saturated carbocycles. The van der Waals surface area contributed by atoms with E-state index in [1.54, 1.807) is 19.2 Å². The van der Waals surface area contributed by atoms with E-state index in [2.05, 4.69) is 20.9 Å². The quantitative estimate of drug-likeness (QED) is 0.947. The summed E-state index contributed by atoms with van der Waals surface area (Å²) in [6.45, 7) is 3.62. The molecule has 2 rings (SSSR count). The number of primary amides is 1. The van der Waals surface area contributed by atoms with Gasteiger partial charge in [0.1, 0.15) is 5.75 Å². The van der Waals surface area contributed by atoms with Crippen LogP contribution in [0.4, 0.5) is 0 Å². The minimum Gasteiger partial charge on any atom is -0.480 e. The minimum absolute atomic E-state index is 0.495. The third-order valence-electron chi connectivity index (χ3n) is 2.72. The Morgan fingerprint density at radius 1 is 1.44 bits per heavy atom. The fourth-order valence-electron chi connectivity index (χ4n) is 1.68. The topological polar surface area (TPSA) is 65.2 Å². The van der Waals surface area contributed by atoms with Gasteiger partial charge in [-0.15, -0.1) is 0 Å². The first-order valence-electron chi connectivity index (χ1n) is 5.50. The fraction of sp³-hybridized carbons (Fsp3) is 0.231. The van der Waals surface area contributed by atoms with Crippen LogP contribution in [0.15, 0.2) is 28.9 Å². The SMILES string of the molecule is Cc1ccnc2ccc(OC(C)C(N)=O)c(Br)c12. The molecule has 1 aromatic carbocycles. The standard InChI is InChI=1S/C13H13BrN2O2/c1-7-5-6-16-9-3-4-10(12(14)11(7)9)18-8(2)13(15)17/h3-6,8H,1-2H3,(H2,15,17). The van der Waals surface area contributed by atoms with Crippen LogP contribution in [0.5, 0.6) is 5.75 Å². The highest BCUT2D eigenvalue weighted by Crippen LogP contribution is 2.34. The van der Waals surface area contributed by atoms with Crippen LogP contribution in [0.1, 0.15) is 12.5 Å². The highest BCUT2D eigenvalue weighted by Gasteiger charge is 2.14. The second kappa shape index (κ2) is 4.94. The van der Waals surface area contributed by atoms with E-state index in [-0.39, 0.29) is 0 Å². The van der Waals surface area contributed by atoms with Gasteiger partial charge in [-0.05, 0) is 53.5 Å². The molecule has 0 spiro atoms. The number of nitrogens with two attached hydrogens (primary N) is 1.